The van der Waals surface area contributed by atoms with Gasteiger partial charge in [-0.1, -0.05) is 0 Å². The molecule has 0 unspecified atom stereocenters. The summed E-state index contributed by atoms with van der Waals surface area (Å²) >= 11 is 6.57. The number of hydrogen-bond donors (Lipinski definition) is 0. The summed E-state index contributed by atoms with van der Waals surface area (Å²) in [5, 5.41) is 0. The van der Waals surface area contributed by atoms with E-state index in [1.165, 1.54) is 0 Å². The van der Waals surface area contributed by atoms with Gasteiger partial charge in [-0.3, -0.25) is 0 Å². The molecule has 13 heavy (non-hydrogen) atoms. The molecule has 0 atom stereocenters. The van der Waals surface area contributed by atoms with Crippen LogP contribution in [0.5, 0.6) is 0 Å². The highest BCUT2D eigenvalue weighted by molar-refractivity contribution is 9.11. The summed E-state index contributed by atoms with van der Waals surface area (Å²) in [4.78, 5) is 8.38. The van der Waals surface area contributed by atoms with Crippen molar-refractivity contribution < 1.29 is 4.42 Å². The summed E-state index contributed by atoms with van der Waals surface area (Å²) in [6.07, 6.45) is 3.20. The predicted octanol–water partition coefficient (Wildman–Crippen LogP) is 3.26. The molecule has 2 rings (SSSR count). The molecule has 0 saturated heterocycles. The first-order valence-electron chi connectivity index (χ1n) is 3.48. The molecule has 5 heteroatoms. The third kappa shape index (κ3) is 1.97. The minimum absolute atomic E-state index is 0.634. The molecule has 0 saturated carbocycles. The smallest absolute Gasteiger partial charge is 0.164 e. The Labute approximate surface area is 91.5 Å². The van der Waals surface area contributed by atoms with Crippen molar-refractivity contribution in [1.29, 1.82) is 0 Å². The highest BCUT2D eigenvalue weighted by atomic mass is 79.9. The number of hydrogen-bond acceptors (Lipinski definition) is 3. The predicted molar refractivity (Wildman–Crippen MR) is 55.1 cm³/mol. The average molecular weight is 304 g/mol. The lowest BCUT2D eigenvalue weighted by Gasteiger charge is -1.97. The Hall–Kier alpha value is -0.680. The molecule has 0 spiro atoms. The van der Waals surface area contributed by atoms with Crippen molar-refractivity contribution in [3.8, 4) is 11.4 Å². The molecule has 0 aliphatic rings. The molecule has 0 aromatic carbocycles. The maximum Gasteiger partial charge on any atom is 0.164 e. The zero-order chi connectivity index (χ0) is 9.26. The van der Waals surface area contributed by atoms with E-state index >= 15 is 0 Å². The van der Waals surface area contributed by atoms with Crippen LogP contribution in [-0.2, 0) is 0 Å². The molecule has 0 N–H and O–H groups in total. The van der Waals surface area contributed by atoms with Crippen LogP contribution < -0.4 is 0 Å². The van der Waals surface area contributed by atoms with E-state index < -0.39 is 0 Å². The van der Waals surface area contributed by atoms with Crippen molar-refractivity contribution in [3.63, 3.8) is 0 Å². The van der Waals surface area contributed by atoms with Crippen molar-refractivity contribution in [2.24, 2.45) is 0 Å². The average Bonchev–Trinajstić information content (AvgIpc) is 2.53. The van der Waals surface area contributed by atoms with Gasteiger partial charge in [0, 0.05) is 6.07 Å². The van der Waals surface area contributed by atoms with Crippen molar-refractivity contribution in [2.75, 3.05) is 0 Å². The SMILES string of the molecule is Brc1cc(Br)nc(-c2ccoc2)n1. The van der Waals surface area contributed by atoms with Gasteiger partial charge >= 0.3 is 0 Å². The van der Waals surface area contributed by atoms with E-state index in [4.69, 9.17) is 4.42 Å². The standard InChI is InChI=1S/C8H4Br2N2O/c9-6-3-7(10)12-8(11-6)5-1-2-13-4-5/h1-4H. The second-order valence-corrected chi connectivity index (χ2v) is 3.97. The second kappa shape index (κ2) is 3.59. The first kappa shape index (κ1) is 8.90. The normalized spacial score (nSPS) is 10.3. The number of rotatable bonds is 1. The van der Waals surface area contributed by atoms with Gasteiger partial charge in [0.25, 0.3) is 0 Å². The molecular weight excluding hydrogens is 300 g/mol. The van der Waals surface area contributed by atoms with Gasteiger partial charge in [0.15, 0.2) is 5.82 Å². The molecule has 0 bridgehead atoms. The van der Waals surface area contributed by atoms with Crippen molar-refractivity contribution in [3.05, 3.63) is 33.9 Å². The van der Waals surface area contributed by atoms with Gasteiger partial charge in [-0.2, -0.15) is 0 Å². The van der Waals surface area contributed by atoms with Crippen LogP contribution in [0.4, 0.5) is 0 Å². The monoisotopic (exact) mass is 302 g/mol. The van der Waals surface area contributed by atoms with Crippen LogP contribution in [0.15, 0.2) is 38.3 Å². The largest absolute Gasteiger partial charge is 0.472 e. The van der Waals surface area contributed by atoms with Gasteiger partial charge in [-0.15, -0.1) is 0 Å². The molecule has 2 heterocycles. The minimum Gasteiger partial charge on any atom is -0.472 e. The number of furan rings is 1. The van der Waals surface area contributed by atoms with Crippen LogP contribution >= 0.6 is 31.9 Å². The van der Waals surface area contributed by atoms with Gasteiger partial charge in [0.05, 0.1) is 11.8 Å². The zero-order valence-electron chi connectivity index (χ0n) is 6.37. The van der Waals surface area contributed by atoms with Crippen molar-refractivity contribution in [1.82, 2.24) is 9.97 Å². The van der Waals surface area contributed by atoms with E-state index in [0.717, 1.165) is 14.8 Å². The van der Waals surface area contributed by atoms with Gasteiger partial charge in [-0.25, -0.2) is 9.97 Å². The summed E-state index contributed by atoms with van der Waals surface area (Å²) in [7, 11) is 0. The van der Waals surface area contributed by atoms with Gasteiger partial charge < -0.3 is 4.42 Å². The quantitative estimate of drug-likeness (QED) is 0.759. The minimum atomic E-state index is 0.634. The van der Waals surface area contributed by atoms with Gasteiger partial charge in [0.2, 0.25) is 0 Å². The highest BCUT2D eigenvalue weighted by Gasteiger charge is 2.04. The van der Waals surface area contributed by atoms with Crippen LogP contribution in [-0.4, -0.2) is 9.97 Å². The van der Waals surface area contributed by atoms with E-state index in [1.807, 2.05) is 6.07 Å². The maximum absolute atomic E-state index is 4.94. The first-order chi connectivity index (χ1) is 6.25. The van der Waals surface area contributed by atoms with E-state index in [2.05, 4.69) is 41.8 Å². The lowest BCUT2D eigenvalue weighted by Crippen LogP contribution is -1.88. The highest BCUT2D eigenvalue weighted by Crippen LogP contribution is 2.20. The Morgan fingerprint density at radius 3 is 2.38 bits per heavy atom. The molecular formula is C8H4Br2N2O. The van der Waals surface area contributed by atoms with Gasteiger partial charge in [0.1, 0.15) is 15.5 Å². The Bertz CT molecular complexity index is 394. The molecule has 3 nitrogen and oxygen atoms in total. The number of nitrogens with zero attached hydrogens (tertiary/aromatic N) is 2. The van der Waals surface area contributed by atoms with Crippen LogP contribution in [0.3, 0.4) is 0 Å². The van der Waals surface area contributed by atoms with E-state index in [0.29, 0.717) is 5.82 Å². The van der Waals surface area contributed by atoms with Crippen molar-refractivity contribution >= 4 is 31.9 Å². The van der Waals surface area contributed by atoms with Crippen molar-refractivity contribution in [2.45, 2.75) is 0 Å². The van der Waals surface area contributed by atoms with Crippen LogP contribution in [0.1, 0.15) is 0 Å². The van der Waals surface area contributed by atoms with E-state index in [-0.39, 0.29) is 0 Å². The fourth-order valence-electron chi connectivity index (χ4n) is 0.911. The molecule has 0 aliphatic heterocycles. The van der Waals surface area contributed by atoms with E-state index in [1.54, 1.807) is 18.6 Å². The fourth-order valence-corrected chi connectivity index (χ4v) is 1.99. The fraction of sp³-hybridized carbons (Fsp3) is 0. The van der Waals surface area contributed by atoms with Gasteiger partial charge in [-0.05, 0) is 37.9 Å². The summed E-state index contributed by atoms with van der Waals surface area (Å²) in [5.74, 6) is 0.634. The van der Waals surface area contributed by atoms with Crippen LogP contribution in [0, 0.1) is 0 Å². The van der Waals surface area contributed by atoms with Crippen LogP contribution in [0.25, 0.3) is 11.4 Å². The molecule has 2 aromatic heterocycles. The molecule has 0 aliphatic carbocycles. The number of halogens is 2. The first-order valence-corrected chi connectivity index (χ1v) is 5.07. The lowest BCUT2D eigenvalue weighted by atomic mass is 10.3. The summed E-state index contributed by atoms with van der Waals surface area (Å²) in [6, 6.07) is 3.60. The molecule has 0 amide bonds. The summed E-state index contributed by atoms with van der Waals surface area (Å²) in [5.41, 5.74) is 0.863. The Balaban J connectivity index is 2.53. The topological polar surface area (TPSA) is 38.9 Å². The maximum atomic E-state index is 4.94. The van der Waals surface area contributed by atoms with Crippen LogP contribution in [0.2, 0.25) is 0 Å². The summed E-state index contributed by atoms with van der Waals surface area (Å²) < 4.78 is 6.42. The zero-order valence-corrected chi connectivity index (χ0v) is 9.54. The molecule has 66 valence electrons. The Kier molecular flexibility index (Phi) is 2.46. The molecule has 2 aromatic rings. The third-order valence-electron chi connectivity index (χ3n) is 1.44. The second-order valence-electron chi connectivity index (χ2n) is 2.35. The summed E-state index contributed by atoms with van der Waals surface area (Å²) in [6.45, 7) is 0. The Morgan fingerprint density at radius 2 is 1.85 bits per heavy atom. The molecule has 0 fully saturated rings. The lowest BCUT2D eigenvalue weighted by molar-refractivity contribution is 0.568. The Morgan fingerprint density at radius 1 is 1.15 bits per heavy atom. The number of aromatic nitrogens is 2. The van der Waals surface area contributed by atoms with E-state index in [9.17, 15) is 0 Å². The molecule has 0 radical (unpaired) electrons. The third-order valence-corrected chi connectivity index (χ3v) is 2.26.